The lowest BCUT2D eigenvalue weighted by Crippen LogP contribution is -2.27. The van der Waals surface area contributed by atoms with E-state index < -0.39 is 0 Å². The maximum atomic E-state index is 11.8. The molecular weight excluding hydrogens is 320 g/mol. The molecule has 0 aliphatic heterocycles. The molecule has 0 fully saturated rings. The normalized spacial score (nSPS) is 10.5. The number of nitrogens with one attached hydrogen (secondary N) is 2. The number of rotatable bonds is 8. The van der Waals surface area contributed by atoms with Crippen LogP contribution in [0.1, 0.15) is 11.3 Å². The molecule has 1 heterocycles. The quantitative estimate of drug-likeness (QED) is 0.564. The van der Waals surface area contributed by atoms with Gasteiger partial charge in [0.15, 0.2) is 11.5 Å². The van der Waals surface area contributed by atoms with Crippen LogP contribution in [0.3, 0.4) is 0 Å². The summed E-state index contributed by atoms with van der Waals surface area (Å²) in [5, 5.41) is 13.8. The van der Waals surface area contributed by atoms with Gasteiger partial charge in [0.05, 0.1) is 19.9 Å². The number of aromatic nitrogens is 2. The van der Waals surface area contributed by atoms with Crippen LogP contribution >= 0.6 is 0 Å². The predicted molar refractivity (Wildman–Crippen MR) is 96.8 cm³/mol. The Morgan fingerprint density at radius 2 is 1.88 bits per heavy atom. The third-order valence-corrected chi connectivity index (χ3v) is 3.36. The van der Waals surface area contributed by atoms with Gasteiger partial charge in [-0.25, -0.2) is 0 Å². The van der Waals surface area contributed by atoms with E-state index in [1.54, 1.807) is 32.4 Å². The van der Waals surface area contributed by atoms with E-state index in [2.05, 4.69) is 20.8 Å². The van der Waals surface area contributed by atoms with Crippen molar-refractivity contribution in [3.05, 3.63) is 47.7 Å². The topological polar surface area (TPSA) is 85.4 Å². The summed E-state index contributed by atoms with van der Waals surface area (Å²) < 4.78 is 10.4. The first kappa shape index (κ1) is 18.3. The van der Waals surface area contributed by atoms with Crippen molar-refractivity contribution in [1.82, 2.24) is 15.5 Å². The Morgan fingerprint density at radius 3 is 2.56 bits per heavy atom. The summed E-state index contributed by atoms with van der Waals surface area (Å²) in [6.45, 7) is 2.92. The molecule has 2 rings (SSSR count). The number of methoxy groups -OCH3 is 2. The minimum absolute atomic E-state index is 0.174. The molecule has 2 aromatic rings. The number of carbonyl (C=O) groups excluding carboxylic acids is 1. The SMILES string of the molecule is COc1ccc(/C=C/C(=O)NCCNc2ccc(C)nn2)cc1OC. The van der Waals surface area contributed by atoms with Crippen LogP contribution in [-0.2, 0) is 4.79 Å². The molecule has 0 aliphatic carbocycles. The molecular formula is C18H22N4O3. The molecule has 1 amide bonds. The van der Waals surface area contributed by atoms with Gasteiger partial charge in [0.25, 0.3) is 0 Å². The van der Waals surface area contributed by atoms with E-state index in [1.165, 1.54) is 6.08 Å². The lowest BCUT2D eigenvalue weighted by molar-refractivity contribution is -0.116. The van der Waals surface area contributed by atoms with Crippen molar-refractivity contribution in [2.24, 2.45) is 0 Å². The molecule has 0 unspecified atom stereocenters. The van der Waals surface area contributed by atoms with Gasteiger partial charge in [-0.1, -0.05) is 6.07 Å². The number of carbonyl (C=O) groups is 1. The molecule has 7 nitrogen and oxygen atoms in total. The Morgan fingerprint density at radius 1 is 1.08 bits per heavy atom. The number of amides is 1. The second kappa shape index (κ2) is 9.27. The molecule has 0 radical (unpaired) electrons. The minimum atomic E-state index is -0.174. The highest BCUT2D eigenvalue weighted by Gasteiger charge is 2.03. The van der Waals surface area contributed by atoms with Gasteiger partial charge < -0.3 is 20.1 Å². The number of hydrogen-bond donors (Lipinski definition) is 2. The Kier molecular flexibility index (Phi) is 6.76. The summed E-state index contributed by atoms with van der Waals surface area (Å²) in [5.74, 6) is 1.77. The maximum Gasteiger partial charge on any atom is 0.244 e. The third-order valence-electron chi connectivity index (χ3n) is 3.36. The third kappa shape index (κ3) is 5.80. The molecule has 25 heavy (non-hydrogen) atoms. The van der Waals surface area contributed by atoms with Crippen LogP contribution in [0, 0.1) is 6.92 Å². The second-order valence-electron chi connectivity index (χ2n) is 5.23. The van der Waals surface area contributed by atoms with Gasteiger partial charge in [-0.05, 0) is 42.8 Å². The number of hydrogen-bond acceptors (Lipinski definition) is 6. The fourth-order valence-corrected chi connectivity index (χ4v) is 2.06. The maximum absolute atomic E-state index is 11.8. The van der Waals surface area contributed by atoms with Crippen molar-refractivity contribution >= 4 is 17.8 Å². The molecule has 0 saturated heterocycles. The highest BCUT2D eigenvalue weighted by atomic mass is 16.5. The summed E-state index contributed by atoms with van der Waals surface area (Å²) in [5.41, 5.74) is 1.71. The molecule has 7 heteroatoms. The monoisotopic (exact) mass is 342 g/mol. The van der Waals surface area contributed by atoms with Crippen LogP contribution in [0.15, 0.2) is 36.4 Å². The standard InChI is InChI=1S/C18H22N4O3/c1-13-4-8-17(22-21-13)19-10-11-20-18(23)9-6-14-5-7-15(24-2)16(12-14)25-3/h4-9,12H,10-11H2,1-3H3,(H,19,22)(H,20,23)/b9-6+. The van der Waals surface area contributed by atoms with Gasteiger partial charge in [-0.2, -0.15) is 5.10 Å². The van der Waals surface area contributed by atoms with E-state index in [0.29, 0.717) is 30.4 Å². The number of anilines is 1. The van der Waals surface area contributed by atoms with Gasteiger partial charge >= 0.3 is 0 Å². The molecule has 1 aromatic heterocycles. The summed E-state index contributed by atoms with van der Waals surface area (Å²) >= 11 is 0. The lowest BCUT2D eigenvalue weighted by atomic mass is 10.2. The van der Waals surface area contributed by atoms with Crippen LogP contribution in [-0.4, -0.2) is 43.4 Å². The van der Waals surface area contributed by atoms with E-state index in [9.17, 15) is 4.79 Å². The van der Waals surface area contributed by atoms with E-state index >= 15 is 0 Å². The Labute approximate surface area is 147 Å². The Balaban J connectivity index is 1.77. The van der Waals surface area contributed by atoms with Crippen LogP contribution < -0.4 is 20.1 Å². The smallest absolute Gasteiger partial charge is 0.244 e. The zero-order valence-electron chi connectivity index (χ0n) is 14.6. The molecule has 0 spiro atoms. The van der Waals surface area contributed by atoms with Gasteiger partial charge in [-0.15, -0.1) is 5.10 Å². The van der Waals surface area contributed by atoms with E-state index in [-0.39, 0.29) is 5.91 Å². The largest absolute Gasteiger partial charge is 0.493 e. The Bertz CT molecular complexity index is 730. The molecule has 0 saturated carbocycles. The van der Waals surface area contributed by atoms with Crippen molar-refractivity contribution in [2.45, 2.75) is 6.92 Å². The first-order valence-electron chi connectivity index (χ1n) is 7.84. The van der Waals surface area contributed by atoms with Crippen molar-refractivity contribution in [1.29, 1.82) is 0 Å². The van der Waals surface area contributed by atoms with E-state index in [0.717, 1.165) is 11.3 Å². The van der Waals surface area contributed by atoms with Gasteiger partial charge in [-0.3, -0.25) is 4.79 Å². The van der Waals surface area contributed by atoms with Crippen LogP contribution in [0.5, 0.6) is 11.5 Å². The second-order valence-corrected chi connectivity index (χ2v) is 5.23. The average molecular weight is 342 g/mol. The fourth-order valence-electron chi connectivity index (χ4n) is 2.06. The number of aryl methyl sites for hydroxylation is 1. The first-order chi connectivity index (χ1) is 12.1. The summed E-state index contributed by atoms with van der Waals surface area (Å²) in [7, 11) is 3.15. The molecule has 132 valence electrons. The van der Waals surface area contributed by atoms with Crippen LogP contribution in [0.2, 0.25) is 0 Å². The van der Waals surface area contributed by atoms with Crippen LogP contribution in [0.25, 0.3) is 6.08 Å². The Hall–Kier alpha value is -3.09. The zero-order chi connectivity index (χ0) is 18.1. The van der Waals surface area contributed by atoms with Crippen LogP contribution in [0.4, 0.5) is 5.82 Å². The van der Waals surface area contributed by atoms with Crippen molar-refractivity contribution in [3.63, 3.8) is 0 Å². The summed E-state index contributed by atoms with van der Waals surface area (Å²) in [4.78, 5) is 11.8. The fraction of sp³-hybridized carbons (Fsp3) is 0.278. The van der Waals surface area contributed by atoms with Gasteiger partial charge in [0, 0.05) is 19.2 Å². The number of nitrogens with zero attached hydrogens (tertiary/aromatic N) is 2. The van der Waals surface area contributed by atoms with Gasteiger partial charge in [0.1, 0.15) is 5.82 Å². The van der Waals surface area contributed by atoms with Crippen molar-refractivity contribution in [2.75, 3.05) is 32.6 Å². The minimum Gasteiger partial charge on any atom is -0.493 e. The van der Waals surface area contributed by atoms with Crippen molar-refractivity contribution < 1.29 is 14.3 Å². The molecule has 1 aromatic carbocycles. The zero-order valence-corrected chi connectivity index (χ0v) is 14.6. The highest BCUT2D eigenvalue weighted by Crippen LogP contribution is 2.27. The average Bonchev–Trinajstić information content (AvgIpc) is 2.64. The summed E-state index contributed by atoms with van der Waals surface area (Å²) in [6.07, 6.45) is 3.20. The number of ether oxygens (including phenoxy) is 2. The molecule has 2 N–H and O–H groups in total. The highest BCUT2D eigenvalue weighted by molar-refractivity contribution is 5.91. The van der Waals surface area contributed by atoms with Gasteiger partial charge in [0.2, 0.25) is 5.91 Å². The number of benzene rings is 1. The first-order valence-corrected chi connectivity index (χ1v) is 7.84. The van der Waals surface area contributed by atoms with Crippen molar-refractivity contribution in [3.8, 4) is 11.5 Å². The lowest BCUT2D eigenvalue weighted by Gasteiger charge is -2.07. The molecule has 0 aliphatic rings. The van der Waals surface area contributed by atoms with E-state index in [4.69, 9.17) is 9.47 Å². The predicted octanol–water partition coefficient (Wildman–Crippen LogP) is 2.04. The molecule has 0 bridgehead atoms. The summed E-state index contributed by atoms with van der Waals surface area (Å²) in [6, 6.07) is 9.17. The molecule has 0 atom stereocenters. The van der Waals surface area contributed by atoms with E-state index in [1.807, 2.05) is 25.1 Å².